The molecule has 0 aromatic carbocycles. The summed E-state index contributed by atoms with van der Waals surface area (Å²) in [6.45, 7) is 14.5. The highest BCUT2D eigenvalue weighted by atomic mass is 16.5. The average Bonchev–Trinajstić information content (AvgIpc) is 2.38. The Morgan fingerprint density at radius 3 is 1.48 bits per heavy atom. The first-order valence-electron chi connectivity index (χ1n) is 9.41. The summed E-state index contributed by atoms with van der Waals surface area (Å²) in [6.07, 6.45) is 11.7. The zero-order chi connectivity index (χ0) is 15.7. The number of hydrogen-bond acceptors (Lipinski definition) is 1. The highest BCUT2D eigenvalue weighted by Crippen LogP contribution is 2.46. The maximum absolute atomic E-state index is 6.62. The van der Waals surface area contributed by atoms with Gasteiger partial charge in [-0.25, -0.2) is 0 Å². The molecule has 0 spiro atoms. The van der Waals surface area contributed by atoms with Gasteiger partial charge in [-0.15, -0.1) is 0 Å². The van der Waals surface area contributed by atoms with E-state index < -0.39 is 0 Å². The quantitative estimate of drug-likeness (QED) is 0.598. The lowest BCUT2D eigenvalue weighted by Crippen LogP contribution is -2.40. The van der Waals surface area contributed by atoms with Crippen LogP contribution in [-0.4, -0.2) is 12.2 Å². The van der Waals surface area contributed by atoms with Crippen molar-refractivity contribution in [1.82, 2.24) is 0 Å². The monoisotopic (exact) mass is 294 g/mol. The van der Waals surface area contributed by atoms with Crippen molar-refractivity contribution in [2.75, 3.05) is 0 Å². The predicted octanol–water partition coefficient (Wildman–Crippen LogP) is 6.21. The second-order valence-corrected chi connectivity index (χ2v) is 9.19. The summed E-state index contributed by atoms with van der Waals surface area (Å²) in [5.74, 6) is 1.55. The molecule has 0 radical (unpaired) electrons. The van der Waals surface area contributed by atoms with Gasteiger partial charge in [0.1, 0.15) is 0 Å². The minimum atomic E-state index is 0.499. The standard InChI is InChI=1S/C20H38O/c1-15(2)19(5)11-7-9-17(13-19)21-18-10-8-12-20(6,14-18)16(3)4/h15-18H,7-14H2,1-6H3. The first-order valence-corrected chi connectivity index (χ1v) is 9.41. The first-order chi connectivity index (χ1) is 9.75. The Labute approximate surface area is 133 Å². The van der Waals surface area contributed by atoms with Gasteiger partial charge in [-0.3, -0.25) is 0 Å². The molecule has 2 aliphatic carbocycles. The number of hydrogen-bond donors (Lipinski definition) is 0. The Balaban J connectivity index is 1.92. The highest BCUT2D eigenvalue weighted by molar-refractivity contribution is 4.89. The van der Waals surface area contributed by atoms with Crippen LogP contribution in [0.1, 0.15) is 92.9 Å². The Bertz CT molecular complexity index is 303. The van der Waals surface area contributed by atoms with Crippen LogP contribution >= 0.6 is 0 Å². The van der Waals surface area contributed by atoms with E-state index in [9.17, 15) is 0 Å². The smallest absolute Gasteiger partial charge is 0.0584 e. The fourth-order valence-electron chi connectivity index (χ4n) is 4.47. The minimum Gasteiger partial charge on any atom is -0.375 e. The molecular weight excluding hydrogens is 256 g/mol. The molecule has 2 saturated carbocycles. The fraction of sp³-hybridized carbons (Fsp3) is 1.00. The van der Waals surface area contributed by atoms with Crippen LogP contribution in [0, 0.1) is 22.7 Å². The van der Waals surface area contributed by atoms with Gasteiger partial charge in [-0.1, -0.05) is 54.4 Å². The Hall–Kier alpha value is -0.0400. The Morgan fingerprint density at radius 2 is 1.14 bits per heavy atom. The van der Waals surface area contributed by atoms with Crippen molar-refractivity contribution in [3.8, 4) is 0 Å². The molecule has 2 fully saturated rings. The van der Waals surface area contributed by atoms with Gasteiger partial charge in [0.25, 0.3) is 0 Å². The van der Waals surface area contributed by atoms with Crippen molar-refractivity contribution in [3.63, 3.8) is 0 Å². The van der Waals surface area contributed by atoms with E-state index in [0.717, 1.165) is 11.8 Å². The largest absolute Gasteiger partial charge is 0.375 e. The van der Waals surface area contributed by atoms with Gasteiger partial charge in [0, 0.05) is 0 Å². The summed E-state index contributed by atoms with van der Waals surface area (Å²) in [6, 6.07) is 0. The van der Waals surface area contributed by atoms with E-state index in [1.165, 1.54) is 51.4 Å². The van der Waals surface area contributed by atoms with Gasteiger partial charge in [-0.05, 0) is 61.2 Å². The fourth-order valence-corrected chi connectivity index (χ4v) is 4.47. The second kappa shape index (κ2) is 6.60. The molecule has 0 saturated heterocycles. The van der Waals surface area contributed by atoms with Gasteiger partial charge in [-0.2, -0.15) is 0 Å². The summed E-state index contributed by atoms with van der Waals surface area (Å²) in [7, 11) is 0. The molecule has 0 bridgehead atoms. The van der Waals surface area contributed by atoms with Crippen LogP contribution in [0.2, 0.25) is 0 Å². The maximum Gasteiger partial charge on any atom is 0.0584 e. The molecule has 2 aliphatic rings. The molecule has 21 heavy (non-hydrogen) atoms. The molecule has 0 aromatic rings. The van der Waals surface area contributed by atoms with Gasteiger partial charge in [0.05, 0.1) is 12.2 Å². The van der Waals surface area contributed by atoms with E-state index in [0.29, 0.717) is 23.0 Å². The SMILES string of the molecule is CC(C)C1(C)CCCC(OC2CCCC(C)(C(C)C)C2)C1. The van der Waals surface area contributed by atoms with Gasteiger partial charge >= 0.3 is 0 Å². The van der Waals surface area contributed by atoms with Crippen molar-refractivity contribution in [3.05, 3.63) is 0 Å². The van der Waals surface area contributed by atoms with Crippen molar-refractivity contribution >= 4 is 0 Å². The predicted molar refractivity (Wildman–Crippen MR) is 91.5 cm³/mol. The highest BCUT2D eigenvalue weighted by Gasteiger charge is 2.39. The van der Waals surface area contributed by atoms with Crippen molar-refractivity contribution in [1.29, 1.82) is 0 Å². The van der Waals surface area contributed by atoms with Gasteiger partial charge in [0.15, 0.2) is 0 Å². The summed E-state index contributed by atoms with van der Waals surface area (Å²) < 4.78 is 6.62. The summed E-state index contributed by atoms with van der Waals surface area (Å²) in [5, 5.41) is 0. The zero-order valence-electron chi connectivity index (χ0n) is 15.4. The molecule has 4 unspecified atom stereocenters. The van der Waals surface area contributed by atoms with E-state index in [4.69, 9.17) is 4.74 Å². The van der Waals surface area contributed by atoms with Crippen molar-refractivity contribution in [2.45, 2.75) is 105 Å². The van der Waals surface area contributed by atoms with Gasteiger partial charge < -0.3 is 4.74 Å². The molecule has 0 amide bonds. The topological polar surface area (TPSA) is 9.23 Å². The van der Waals surface area contributed by atoms with E-state index in [-0.39, 0.29) is 0 Å². The van der Waals surface area contributed by atoms with Crippen LogP contribution in [0.4, 0.5) is 0 Å². The minimum absolute atomic E-state index is 0.499. The van der Waals surface area contributed by atoms with Crippen LogP contribution < -0.4 is 0 Å². The average molecular weight is 295 g/mol. The third-order valence-electron chi connectivity index (χ3n) is 7.11. The van der Waals surface area contributed by atoms with Crippen molar-refractivity contribution in [2.24, 2.45) is 22.7 Å². The first kappa shape index (κ1) is 17.3. The molecule has 1 heteroatoms. The summed E-state index contributed by atoms with van der Waals surface area (Å²) in [5.41, 5.74) is 0.998. The Kier molecular flexibility index (Phi) is 5.45. The van der Waals surface area contributed by atoms with Crippen LogP contribution in [-0.2, 0) is 4.74 Å². The van der Waals surface area contributed by atoms with Gasteiger partial charge in [0.2, 0.25) is 0 Å². The van der Waals surface area contributed by atoms with Crippen LogP contribution in [0.25, 0.3) is 0 Å². The van der Waals surface area contributed by atoms with E-state index in [2.05, 4.69) is 41.5 Å². The second-order valence-electron chi connectivity index (χ2n) is 9.19. The molecule has 4 atom stereocenters. The van der Waals surface area contributed by atoms with Crippen molar-refractivity contribution < 1.29 is 4.74 Å². The lowest BCUT2D eigenvalue weighted by atomic mass is 9.66. The molecule has 0 N–H and O–H groups in total. The Morgan fingerprint density at radius 1 is 0.762 bits per heavy atom. The van der Waals surface area contributed by atoms with E-state index in [1.54, 1.807) is 0 Å². The summed E-state index contributed by atoms with van der Waals surface area (Å²) >= 11 is 0. The lowest BCUT2D eigenvalue weighted by Gasteiger charge is -2.45. The number of ether oxygens (including phenoxy) is 1. The lowest BCUT2D eigenvalue weighted by molar-refractivity contribution is -0.0986. The molecule has 1 nitrogen and oxygen atoms in total. The molecule has 0 heterocycles. The van der Waals surface area contributed by atoms with Crippen LogP contribution in [0.3, 0.4) is 0 Å². The molecule has 0 aromatic heterocycles. The van der Waals surface area contributed by atoms with Crippen LogP contribution in [0.15, 0.2) is 0 Å². The maximum atomic E-state index is 6.62. The molecule has 124 valence electrons. The van der Waals surface area contributed by atoms with Crippen LogP contribution in [0.5, 0.6) is 0 Å². The number of rotatable bonds is 4. The van der Waals surface area contributed by atoms with E-state index in [1.807, 2.05) is 0 Å². The molecule has 0 aliphatic heterocycles. The summed E-state index contributed by atoms with van der Waals surface area (Å²) in [4.78, 5) is 0. The third kappa shape index (κ3) is 4.03. The normalized spacial score (nSPS) is 41.7. The zero-order valence-corrected chi connectivity index (χ0v) is 15.4. The van der Waals surface area contributed by atoms with E-state index >= 15 is 0 Å². The third-order valence-corrected chi connectivity index (χ3v) is 7.11. The molecule has 2 rings (SSSR count). The molecular formula is C20H38O.